The molecule has 0 aromatic heterocycles. The maximum Gasteiger partial charge on any atom is 0.124 e. The Hall–Kier alpha value is -1.28. The summed E-state index contributed by atoms with van der Waals surface area (Å²) < 4.78 is 5.67. The lowest BCUT2D eigenvalue weighted by molar-refractivity contribution is 0.354. The van der Waals surface area contributed by atoms with Crippen LogP contribution in [0, 0.1) is 0 Å². The van der Waals surface area contributed by atoms with E-state index in [2.05, 4.69) is 18.3 Å². The fraction of sp³-hybridized carbons (Fsp3) is 0.385. The predicted molar refractivity (Wildman–Crippen MR) is 64.2 cm³/mol. The molecule has 15 heavy (non-hydrogen) atoms. The molecule has 0 aliphatic rings. The molecule has 0 bridgehead atoms. The molecule has 0 aliphatic heterocycles. The van der Waals surface area contributed by atoms with Gasteiger partial charge in [0.05, 0.1) is 0 Å². The molecule has 1 unspecified atom stereocenters. The summed E-state index contributed by atoms with van der Waals surface area (Å²) in [5, 5.41) is 3.21. The highest BCUT2D eigenvalue weighted by Crippen LogP contribution is 2.24. The summed E-state index contributed by atoms with van der Waals surface area (Å²) >= 11 is 0. The molecule has 1 N–H and O–H groups in total. The quantitative estimate of drug-likeness (QED) is 0.746. The van der Waals surface area contributed by atoms with E-state index in [0.717, 1.165) is 5.75 Å². The van der Waals surface area contributed by atoms with E-state index in [1.807, 2.05) is 44.3 Å². The Morgan fingerprint density at radius 3 is 2.80 bits per heavy atom. The van der Waals surface area contributed by atoms with Crippen molar-refractivity contribution in [2.24, 2.45) is 0 Å². The number of hydrogen-bond donors (Lipinski definition) is 1. The molecular weight excluding hydrogens is 186 g/mol. The van der Waals surface area contributed by atoms with Crippen LogP contribution in [0.4, 0.5) is 0 Å². The minimum absolute atomic E-state index is 0.312. The molecule has 2 nitrogen and oxygen atoms in total. The van der Waals surface area contributed by atoms with E-state index in [1.54, 1.807) is 0 Å². The van der Waals surface area contributed by atoms with Gasteiger partial charge in [0.25, 0.3) is 0 Å². The Kier molecular flexibility index (Phi) is 4.91. The molecule has 0 spiro atoms. The zero-order valence-electron chi connectivity index (χ0n) is 9.66. The minimum Gasteiger partial charge on any atom is -0.489 e. The van der Waals surface area contributed by atoms with E-state index in [1.165, 1.54) is 5.56 Å². The summed E-state index contributed by atoms with van der Waals surface area (Å²) in [6, 6.07) is 8.44. The lowest BCUT2D eigenvalue weighted by atomic mass is 10.1. The van der Waals surface area contributed by atoms with Crippen LogP contribution < -0.4 is 10.1 Å². The van der Waals surface area contributed by atoms with Crippen LogP contribution in [0.25, 0.3) is 0 Å². The fourth-order valence-electron chi connectivity index (χ4n) is 1.36. The van der Waals surface area contributed by atoms with Gasteiger partial charge in [-0.1, -0.05) is 30.4 Å². The molecule has 2 heteroatoms. The molecule has 0 saturated carbocycles. The maximum absolute atomic E-state index is 5.67. The topological polar surface area (TPSA) is 21.3 Å². The second kappa shape index (κ2) is 6.25. The first-order valence-corrected chi connectivity index (χ1v) is 5.29. The zero-order valence-corrected chi connectivity index (χ0v) is 9.66. The number of nitrogens with one attached hydrogen (secondary N) is 1. The molecule has 82 valence electrons. The summed E-state index contributed by atoms with van der Waals surface area (Å²) in [6.07, 6.45) is 3.99. The number of ether oxygens (including phenoxy) is 1. The SMILES string of the molecule is C/C=C/COc1ccccc1C(C)NC. The third kappa shape index (κ3) is 3.40. The van der Waals surface area contributed by atoms with E-state index in [0.29, 0.717) is 12.6 Å². The van der Waals surface area contributed by atoms with Crippen LogP contribution in [0.5, 0.6) is 5.75 Å². The van der Waals surface area contributed by atoms with Gasteiger partial charge >= 0.3 is 0 Å². The Labute approximate surface area is 92.0 Å². The van der Waals surface area contributed by atoms with Crippen LogP contribution in [0.1, 0.15) is 25.5 Å². The van der Waals surface area contributed by atoms with Crippen molar-refractivity contribution < 1.29 is 4.74 Å². The van der Waals surface area contributed by atoms with E-state index in [9.17, 15) is 0 Å². The van der Waals surface area contributed by atoms with Gasteiger partial charge in [-0.2, -0.15) is 0 Å². The van der Waals surface area contributed by atoms with Crippen molar-refractivity contribution in [3.05, 3.63) is 42.0 Å². The highest BCUT2D eigenvalue weighted by molar-refractivity contribution is 5.35. The first-order chi connectivity index (χ1) is 7.29. The van der Waals surface area contributed by atoms with Crippen LogP contribution in [-0.2, 0) is 0 Å². The largest absolute Gasteiger partial charge is 0.489 e. The van der Waals surface area contributed by atoms with E-state index < -0.39 is 0 Å². The summed E-state index contributed by atoms with van der Waals surface area (Å²) in [5.74, 6) is 0.956. The standard InChI is InChI=1S/C13H19NO/c1-4-5-10-15-13-9-7-6-8-12(13)11(2)14-3/h4-9,11,14H,10H2,1-3H3/b5-4+. The van der Waals surface area contributed by atoms with Crippen molar-refractivity contribution in [1.82, 2.24) is 5.32 Å². The molecule has 1 rings (SSSR count). The van der Waals surface area contributed by atoms with Crippen molar-refractivity contribution in [2.75, 3.05) is 13.7 Å². The normalized spacial score (nSPS) is 13.0. The van der Waals surface area contributed by atoms with Crippen molar-refractivity contribution in [2.45, 2.75) is 19.9 Å². The first kappa shape index (κ1) is 11.8. The molecule has 0 radical (unpaired) electrons. The van der Waals surface area contributed by atoms with Gasteiger partial charge < -0.3 is 10.1 Å². The second-order valence-corrected chi connectivity index (χ2v) is 3.43. The molecule has 0 aliphatic carbocycles. The molecule has 0 saturated heterocycles. The lowest BCUT2D eigenvalue weighted by Crippen LogP contribution is -2.13. The van der Waals surface area contributed by atoms with Crippen molar-refractivity contribution in [3.8, 4) is 5.75 Å². The minimum atomic E-state index is 0.312. The molecule has 0 fully saturated rings. The first-order valence-electron chi connectivity index (χ1n) is 5.29. The highest BCUT2D eigenvalue weighted by Gasteiger charge is 2.08. The van der Waals surface area contributed by atoms with Gasteiger partial charge in [-0.05, 0) is 27.0 Å². The van der Waals surface area contributed by atoms with Gasteiger partial charge in [0, 0.05) is 11.6 Å². The van der Waals surface area contributed by atoms with Gasteiger partial charge in [-0.25, -0.2) is 0 Å². The second-order valence-electron chi connectivity index (χ2n) is 3.43. The van der Waals surface area contributed by atoms with Gasteiger partial charge in [0.2, 0.25) is 0 Å². The lowest BCUT2D eigenvalue weighted by Gasteiger charge is -2.15. The van der Waals surface area contributed by atoms with Crippen LogP contribution in [0.2, 0.25) is 0 Å². The molecule has 1 aromatic carbocycles. The third-order valence-corrected chi connectivity index (χ3v) is 2.39. The molecule has 0 heterocycles. The highest BCUT2D eigenvalue weighted by atomic mass is 16.5. The number of hydrogen-bond acceptors (Lipinski definition) is 2. The monoisotopic (exact) mass is 205 g/mol. The number of rotatable bonds is 5. The number of para-hydroxylation sites is 1. The van der Waals surface area contributed by atoms with Crippen molar-refractivity contribution in [3.63, 3.8) is 0 Å². The summed E-state index contributed by atoms with van der Waals surface area (Å²) in [6.45, 7) is 4.74. The van der Waals surface area contributed by atoms with Crippen molar-refractivity contribution in [1.29, 1.82) is 0 Å². The Bertz CT molecular complexity index is 320. The maximum atomic E-state index is 5.67. The molecular formula is C13H19NO. The summed E-state index contributed by atoms with van der Waals surface area (Å²) in [7, 11) is 1.95. The smallest absolute Gasteiger partial charge is 0.124 e. The Balaban J connectivity index is 2.76. The average molecular weight is 205 g/mol. The van der Waals surface area contributed by atoms with E-state index >= 15 is 0 Å². The Morgan fingerprint density at radius 1 is 1.40 bits per heavy atom. The number of allylic oxidation sites excluding steroid dienone is 1. The van der Waals surface area contributed by atoms with Crippen LogP contribution in [0.3, 0.4) is 0 Å². The van der Waals surface area contributed by atoms with Crippen LogP contribution >= 0.6 is 0 Å². The molecule has 1 aromatic rings. The number of benzene rings is 1. The zero-order chi connectivity index (χ0) is 11.1. The predicted octanol–water partition coefficient (Wildman–Crippen LogP) is 2.92. The van der Waals surface area contributed by atoms with E-state index in [4.69, 9.17) is 4.74 Å². The Morgan fingerprint density at radius 2 is 2.13 bits per heavy atom. The average Bonchev–Trinajstić information content (AvgIpc) is 2.29. The van der Waals surface area contributed by atoms with Gasteiger partial charge in [0.1, 0.15) is 12.4 Å². The third-order valence-electron chi connectivity index (χ3n) is 2.39. The summed E-state index contributed by atoms with van der Waals surface area (Å²) in [5.41, 5.74) is 1.20. The van der Waals surface area contributed by atoms with Crippen LogP contribution in [-0.4, -0.2) is 13.7 Å². The fourth-order valence-corrected chi connectivity index (χ4v) is 1.36. The van der Waals surface area contributed by atoms with Crippen LogP contribution in [0.15, 0.2) is 36.4 Å². The molecule has 0 amide bonds. The van der Waals surface area contributed by atoms with E-state index in [-0.39, 0.29) is 0 Å². The summed E-state index contributed by atoms with van der Waals surface area (Å²) in [4.78, 5) is 0. The van der Waals surface area contributed by atoms with Gasteiger partial charge in [0.15, 0.2) is 0 Å². The molecule has 1 atom stereocenters. The van der Waals surface area contributed by atoms with Crippen molar-refractivity contribution >= 4 is 0 Å². The van der Waals surface area contributed by atoms with Gasteiger partial charge in [-0.15, -0.1) is 0 Å². The van der Waals surface area contributed by atoms with Gasteiger partial charge in [-0.3, -0.25) is 0 Å².